The van der Waals surface area contributed by atoms with Crippen molar-refractivity contribution in [2.75, 3.05) is 19.0 Å². The van der Waals surface area contributed by atoms with E-state index in [0.29, 0.717) is 23.1 Å². The molecule has 0 spiro atoms. The molecule has 0 radical (unpaired) electrons. The lowest BCUT2D eigenvalue weighted by Gasteiger charge is -2.09. The van der Waals surface area contributed by atoms with E-state index < -0.39 is 0 Å². The van der Waals surface area contributed by atoms with Crippen LogP contribution in [-0.4, -0.2) is 28.7 Å². The van der Waals surface area contributed by atoms with Gasteiger partial charge in [0.05, 0.1) is 18.7 Å². The van der Waals surface area contributed by atoms with E-state index in [9.17, 15) is 0 Å². The van der Waals surface area contributed by atoms with Crippen LogP contribution in [0.2, 0.25) is 10.3 Å². The lowest BCUT2D eigenvalue weighted by Crippen LogP contribution is -2.03. The number of hydrogen-bond donors (Lipinski definition) is 1. The van der Waals surface area contributed by atoms with Gasteiger partial charge in [-0.3, -0.25) is 0 Å². The number of ether oxygens (including phenoxy) is 2. The Morgan fingerprint density at radius 1 is 1.20 bits per heavy atom. The molecule has 0 unspecified atom stereocenters. The van der Waals surface area contributed by atoms with Crippen molar-refractivity contribution in [2.45, 2.75) is 6.92 Å². The lowest BCUT2D eigenvalue weighted by atomic mass is 10.3. The van der Waals surface area contributed by atoms with Crippen LogP contribution in [0, 0.1) is 0 Å². The third kappa shape index (κ3) is 3.61. The molecule has 0 fully saturated rings. The van der Waals surface area contributed by atoms with Crippen LogP contribution >= 0.6 is 23.2 Å². The van der Waals surface area contributed by atoms with Gasteiger partial charge < -0.3 is 14.8 Å². The summed E-state index contributed by atoms with van der Waals surface area (Å²) in [5, 5.41) is 3.54. The summed E-state index contributed by atoms with van der Waals surface area (Å²) in [5.74, 6) is 0.819. The van der Waals surface area contributed by atoms with Gasteiger partial charge in [-0.1, -0.05) is 11.6 Å². The Balaban J connectivity index is 2.25. The van der Waals surface area contributed by atoms with Gasteiger partial charge in [0.15, 0.2) is 0 Å². The van der Waals surface area contributed by atoms with E-state index in [1.165, 1.54) is 7.11 Å². The maximum absolute atomic E-state index is 5.96. The minimum atomic E-state index is 0.0480. The van der Waals surface area contributed by atoms with Crippen LogP contribution in [0.5, 0.6) is 11.8 Å². The zero-order valence-electron chi connectivity index (χ0n) is 10.9. The first-order chi connectivity index (χ1) is 9.62. The molecule has 6 nitrogen and oxygen atoms in total. The normalized spacial score (nSPS) is 10.2. The number of halogens is 2. The molecule has 0 aliphatic heterocycles. The van der Waals surface area contributed by atoms with Gasteiger partial charge in [0.2, 0.25) is 11.2 Å². The SMILES string of the molecule is CCOc1nc(Cl)nc(Nc2ccc(Cl)c(OC)c2)n1. The van der Waals surface area contributed by atoms with Gasteiger partial charge in [-0.05, 0) is 30.7 Å². The monoisotopic (exact) mass is 314 g/mol. The molecule has 0 aliphatic carbocycles. The molecule has 106 valence electrons. The second kappa shape index (κ2) is 6.58. The van der Waals surface area contributed by atoms with Crippen molar-refractivity contribution < 1.29 is 9.47 Å². The van der Waals surface area contributed by atoms with Gasteiger partial charge in [0, 0.05) is 11.8 Å². The summed E-state index contributed by atoms with van der Waals surface area (Å²) in [6.07, 6.45) is 0. The summed E-state index contributed by atoms with van der Waals surface area (Å²) in [6.45, 7) is 2.27. The fourth-order valence-corrected chi connectivity index (χ4v) is 1.80. The second-order valence-electron chi connectivity index (χ2n) is 3.62. The number of anilines is 2. The van der Waals surface area contributed by atoms with E-state index in [2.05, 4.69) is 20.3 Å². The van der Waals surface area contributed by atoms with E-state index in [4.69, 9.17) is 32.7 Å². The Kier molecular flexibility index (Phi) is 4.81. The number of nitrogens with zero attached hydrogens (tertiary/aromatic N) is 3. The van der Waals surface area contributed by atoms with Gasteiger partial charge in [0.25, 0.3) is 0 Å². The molecule has 8 heteroatoms. The highest BCUT2D eigenvalue weighted by molar-refractivity contribution is 6.32. The maximum atomic E-state index is 5.96. The Hall–Kier alpha value is -1.79. The van der Waals surface area contributed by atoms with Crippen molar-refractivity contribution in [3.63, 3.8) is 0 Å². The van der Waals surface area contributed by atoms with Crippen molar-refractivity contribution in [1.29, 1.82) is 0 Å². The molecule has 0 bridgehead atoms. The molecule has 2 rings (SSSR count). The Morgan fingerprint density at radius 3 is 2.70 bits per heavy atom. The number of nitrogens with one attached hydrogen (secondary N) is 1. The molecule has 1 N–H and O–H groups in total. The molecule has 0 atom stereocenters. The van der Waals surface area contributed by atoms with E-state index in [1.54, 1.807) is 18.2 Å². The fraction of sp³-hybridized carbons (Fsp3) is 0.250. The van der Waals surface area contributed by atoms with Crippen molar-refractivity contribution in [3.8, 4) is 11.8 Å². The molecule has 2 aromatic rings. The third-order valence-electron chi connectivity index (χ3n) is 2.27. The summed E-state index contributed by atoms with van der Waals surface area (Å²) in [7, 11) is 1.54. The fourth-order valence-electron chi connectivity index (χ4n) is 1.45. The average Bonchev–Trinajstić information content (AvgIpc) is 2.40. The van der Waals surface area contributed by atoms with Crippen LogP contribution in [0.15, 0.2) is 18.2 Å². The molecule has 20 heavy (non-hydrogen) atoms. The van der Waals surface area contributed by atoms with Crippen LogP contribution < -0.4 is 14.8 Å². The lowest BCUT2D eigenvalue weighted by molar-refractivity contribution is 0.312. The van der Waals surface area contributed by atoms with Gasteiger partial charge in [-0.2, -0.15) is 15.0 Å². The third-order valence-corrected chi connectivity index (χ3v) is 2.75. The molecule has 0 aliphatic rings. The molecule has 1 aromatic carbocycles. The molecular weight excluding hydrogens is 303 g/mol. The summed E-state index contributed by atoms with van der Waals surface area (Å²) in [4.78, 5) is 11.9. The van der Waals surface area contributed by atoms with Crippen molar-refractivity contribution in [2.24, 2.45) is 0 Å². The minimum Gasteiger partial charge on any atom is -0.495 e. The highest BCUT2D eigenvalue weighted by Gasteiger charge is 2.07. The summed E-state index contributed by atoms with van der Waals surface area (Å²) < 4.78 is 10.3. The quantitative estimate of drug-likeness (QED) is 0.913. The molecule has 0 saturated heterocycles. The highest BCUT2D eigenvalue weighted by atomic mass is 35.5. The summed E-state index contributed by atoms with van der Waals surface area (Å²) in [5.41, 5.74) is 0.705. The van der Waals surface area contributed by atoms with Crippen LogP contribution in [0.3, 0.4) is 0 Å². The van der Waals surface area contributed by atoms with Gasteiger partial charge in [0.1, 0.15) is 5.75 Å². The number of benzene rings is 1. The van der Waals surface area contributed by atoms with Gasteiger partial charge in [-0.25, -0.2) is 0 Å². The van der Waals surface area contributed by atoms with Crippen LogP contribution in [-0.2, 0) is 0 Å². The summed E-state index contributed by atoms with van der Waals surface area (Å²) >= 11 is 11.8. The number of methoxy groups -OCH3 is 1. The predicted molar refractivity (Wildman–Crippen MR) is 77.3 cm³/mol. The van der Waals surface area contributed by atoms with Crippen molar-refractivity contribution >= 4 is 34.8 Å². The number of hydrogen-bond acceptors (Lipinski definition) is 6. The van der Waals surface area contributed by atoms with E-state index in [-0.39, 0.29) is 17.2 Å². The van der Waals surface area contributed by atoms with Crippen molar-refractivity contribution in [1.82, 2.24) is 15.0 Å². The highest BCUT2D eigenvalue weighted by Crippen LogP contribution is 2.28. The predicted octanol–water partition coefficient (Wildman–Crippen LogP) is 3.33. The number of aromatic nitrogens is 3. The van der Waals surface area contributed by atoms with E-state index in [0.717, 1.165) is 0 Å². The second-order valence-corrected chi connectivity index (χ2v) is 4.36. The summed E-state index contributed by atoms with van der Waals surface area (Å²) in [6, 6.07) is 5.36. The Bertz CT molecular complexity index is 610. The van der Waals surface area contributed by atoms with Gasteiger partial charge in [-0.15, -0.1) is 0 Å². The maximum Gasteiger partial charge on any atom is 0.322 e. The van der Waals surface area contributed by atoms with E-state index >= 15 is 0 Å². The first kappa shape index (κ1) is 14.6. The topological polar surface area (TPSA) is 69.2 Å². The molecule has 0 amide bonds. The first-order valence-corrected chi connectivity index (χ1v) is 6.53. The molecular formula is C12H12Cl2N4O2. The van der Waals surface area contributed by atoms with Crippen LogP contribution in [0.4, 0.5) is 11.6 Å². The standard InChI is InChI=1S/C12H12Cl2N4O2/c1-3-20-12-17-10(14)16-11(18-12)15-7-4-5-8(13)9(6-7)19-2/h4-6H,3H2,1-2H3,(H,15,16,17,18). The zero-order valence-corrected chi connectivity index (χ0v) is 12.4. The van der Waals surface area contributed by atoms with Gasteiger partial charge >= 0.3 is 6.01 Å². The zero-order chi connectivity index (χ0) is 14.5. The van der Waals surface area contributed by atoms with E-state index in [1.807, 2.05) is 6.92 Å². The smallest absolute Gasteiger partial charge is 0.322 e. The Labute approximate surface area is 126 Å². The van der Waals surface area contributed by atoms with Crippen LogP contribution in [0.1, 0.15) is 6.92 Å². The molecule has 1 aromatic heterocycles. The van der Waals surface area contributed by atoms with Crippen molar-refractivity contribution in [3.05, 3.63) is 28.5 Å². The molecule has 1 heterocycles. The minimum absolute atomic E-state index is 0.0480. The Morgan fingerprint density at radius 2 is 2.00 bits per heavy atom. The first-order valence-electron chi connectivity index (χ1n) is 5.77. The number of rotatable bonds is 5. The van der Waals surface area contributed by atoms with Crippen LogP contribution in [0.25, 0.3) is 0 Å². The molecule has 0 saturated carbocycles. The average molecular weight is 315 g/mol. The largest absolute Gasteiger partial charge is 0.495 e.